The van der Waals surface area contributed by atoms with Gasteiger partial charge in [-0.3, -0.25) is 29.1 Å². The topological polar surface area (TPSA) is 186 Å². The van der Waals surface area contributed by atoms with Gasteiger partial charge in [0.1, 0.15) is 0 Å². The van der Waals surface area contributed by atoms with Gasteiger partial charge in [0.25, 0.3) is 5.97 Å². The molecule has 0 aliphatic carbocycles. The summed E-state index contributed by atoms with van der Waals surface area (Å²) in [6.07, 6.45) is 0.0130. The predicted octanol–water partition coefficient (Wildman–Crippen LogP) is -3.13. The second-order valence-electron chi connectivity index (χ2n) is 7.73. The van der Waals surface area contributed by atoms with Crippen LogP contribution >= 0.6 is 0 Å². The van der Waals surface area contributed by atoms with E-state index in [1.54, 1.807) is 14.7 Å². The maximum Gasteiger partial charge on any atom is 0.317 e. The molecule has 0 amide bonds. The van der Waals surface area contributed by atoms with Crippen molar-refractivity contribution in [2.24, 2.45) is 0 Å². The van der Waals surface area contributed by atoms with Crippen molar-refractivity contribution in [1.29, 1.82) is 0 Å². The average Bonchev–Trinajstić information content (AvgIpc) is 2.61. The molecule has 13 nitrogen and oxygen atoms in total. The molecular weight excluding hydrogens is 416 g/mol. The van der Waals surface area contributed by atoms with Crippen molar-refractivity contribution in [3.05, 3.63) is 0 Å². The van der Waals surface area contributed by atoms with Crippen LogP contribution in [-0.2, 0) is 14.4 Å². The zero-order chi connectivity index (χ0) is 23.4. The van der Waals surface area contributed by atoms with Crippen molar-refractivity contribution in [1.82, 2.24) is 19.6 Å². The van der Waals surface area contributed by atoms with E-state index in [2.05, 4.69) is 0 Å². The first kappa shape index (κ1) is 27.2. The number of carboxylic acid groups (broad SMARTS) is 3. The highest BCUT2D eigenvalue weighted by atomic mass is 16.7. The van der Waals surface area contributed by atoms with Gasteiger partial charge < -0.3 is 35.5 Å². The van der Waals surface area contributed by atoms with Gasteiger partial charge in [-0.05, 0) is 13.0 Å². The third-order valence-corrected chi connectivity index (χ3v) is 4.99. The molecule has 1 aliphatic rings. The highest BCUT2D eigenvalue weighted by Gasteiger charge is 2.21. The molecule has 6 N–H and O–H groups in total. The lowest BCUT2D eigenvalue weighted by Crippen LogP contribution is -2.48. The summed E-state index contributed by atoms with van der Waals surface area (Å²) in [7, 11) is 0. The molecule has 1 aliphatic heterocycles. The third-order valence-electron chi connectivity index (χ3n) is 4.99. The zero-order valence-electron chi connectivity index (χ0n) is 17.6. The van der Waals surface area contributed by atoms with Gasteiger partial charge in [0, 0.05) is 58.8 Å². The molecule has 0 spiro atoms. The molecule has 0 aromatic rings. The standard InChI is InChI=1S/C18H34N4O9/c23-15(24)12-20-6-4-19(3-1-2-18(29,30)31)5-7-21(13-16(25)26)9-11-22(10-8-20)14-17(27)28/h29-31H,1-14H2,(H,23,24)(H,25,26)(H,27,28). The van der Waals surface area contributed by atoms with E-state index >= 15 is 0 Å². The van der Waals surface area contributed by atoms with Crippen molar-refractivity contribution in [3.63, 3.8) is 0 Å². The van der Waals surface area contributed by atoms with Crippen LogP contribution in [0.2, 0.25) is 0 Å². The van der Waals surface area contributed by atoms with Crippen molar-refractivity contribution in [2.45, 2.75) is 18.8 Å². The Morgan fingerprint density at radius 2 is 0.871 bits per heavy atom. The number of carboxylic acids is 3. The summed E-state index contributed by atoms with van der Waals surface area (Å²) in [5.41, 5.74) is 0. The first-order valence-electron chi connectivity index (χ1n) is 10.2. The fourth-order valence-corrected chi connectivity index (χ4v) is 3.39. The second kappa shape index (κ2) is 13.5. The first-order chi connectivity index (χ1) is 14.4. The molecule has 13 heteroatoms. The molecule has 31 heavy (non-hydrogen) atoms. The molecule has 1 heterocycles. The number of hydrogen-bond donors (Lipinski definition) is 6. The third kappa shape index (κ3) is 13.9. The highest BCUT2D eigenvalue weighted by molar-refractivity contribution is 5.69. The first-order valence-corrected chi connectivity index (χ1v) is 10.2. The van der Waals surface area contributed by atoms with Crippen molar-refractivity contribution >= 4 is 17.9 Å². The number of aliphatic hydroxyl groups is 3. The average molecular weight is 450 g/mol. The monoisotopic (exact) mass is 450 g/mol. The van der Waals surface area contributed by atoms with Crippen molar-refractivity contribution in [2.75, 3.05) is 78.5 Å². The van der Waals surface area contributed by atoms with Crippen LogP contribution in [0.3, 0.4) is 0 Å². The number of aliphatic carboxylic acids is 3. The van der Waals surface area contributed by atoms with Gasteiger partial charge in [-0.1, -0.05) is 0 Å². The van der Waals surface area contributed by atoms with E-state index in [1.165, 1.54) is 0 Å². The number of carbonyl (C=O) groups is 3. The van der Waals surface area contributed by atoms with Crippen LogP contribution in [0.4, 0.5) is 0 Å². The van der Waals surface area contributed by atoms with Crippen LogP contribution in [0.25, 0.3) is 0 Å². The van der Waals surface area contributed by atoms with Gasteiger partial charge >= 0.3 is 17.9 Å². The maximum atomic E-state index is 11.2. The Morgan fingerprint density at radius 1 is 0.581 bits per heavy atom. The molecule has 1 saturated heterocycles. The Balaban J connectivity index is 2.87. The molecule has 1 rings (SSSR count). The minimum absolute atomic E-state index is 0.201. The Bertz CT molecular complexity index is 553. The van der Waals surface area contributed by atoms with Gasteiger partial charge in [0.2, 0.25) is 0 Å². The molecule has 0 aromatic heterocycles. The SMILES string of the molecule is O=C(O)CN1CCN(CCCC(O)(O)O)CCN(CC(=O)O)CCN(CC(=O)O)CC1. The van der Waals surface area contributed by atoms with E-state index in [0.717, 1.165) is 0 Å². The molecule has 0 bridgehead atoms. The van der Waals surface area contributed by atoms with Gasteiger partial charge in [-0.15, -0.1) is 0 Å². The van der Waals surface area contributed by atoms with Gasteiger partial charge in [-0.2, -0.15) is 0 Å². The van der Waals surface area contributed by atoms with E-state index < -0.39 is 23.9 Å². The van der Waals surface area contributed by atoms with Gasteiger partial charge in [0.05, 0.1) is 19.6 Å². The molecule has 0 aromatic carbocycles. The largest absolute Gasteiger partial charge is 0.480 e. The van der Waals surface area contributed by atoms with Crippen LogP contribution < -0.4 is 0 Å². The summed E-state index contributed by atoms with van der Waals surface area (Å²) in [5.74, 6) is -5.77. The van der Waals surface area contributed by atoms with Crippen LogP contribution in [0.1, 0.15) is 12.8 Å². The highest BCUT2D eigenvalue weighted by Crippen LogP contribution is 2.07. The Kier molecular flexibility index (Phi) is 11.8. The molecular formula is C18H34N4O9. The van der Waals surface area contributed by atoms with Crippen molar-refractivity contribution < 1.29 is 45.0 Å². The molecule has 0 radical (unpaired) electrons. The number of nitrogens with zero attached hydrogens (tertiary/aromatic N) is 4. The predicted molar refractivity (Wildman–Crippen MR) is 107 cm³/mol. The lowest BCUT2D eigenvalue weighted by atomic mass is 10.2. The van der Waals surface area contributed by atoms with Crippen LogP contribution in [-0.4, -0.2) is 153 Å². The maximum absolute atomic E-state index is 11.2. The van der Waals surface area contributed by atoms with Crippen LogP contribution in [0.15, 0.2) is 0 Å². The van der Waals surface area contributed by atoms with E-state index in [-0.39, 0.29) is 32.5 Å². The normalized spacial score (nSPS) is 19.5. The lowest BCUT2D eigenvalue weighted by molar-refractivity contribution is -0.315. The van der Waals surface area contributed by atoms with Crippen LogP contribution in [0, 0.1) is 0 Å². The zero-order valence-corrected chi connectivity index (χ0v) is 17.6. The van der Waals surface area contributed by atoms with E-state index in [0.29, 0.717) is 58.9 Å². The summed E-state index contributed by atoms with van der Waals surface area (Å²) in [5, 5.41) is 54.7. The summed E-state index contributed by atoms with van der Waals surface area (Å²) < 4.78 is 0. The Morgan fingerprint density at radius 3 is 1.13 bits per heavy atom. The number of rotatable bonds is 10. The fourth-order valence-electron chi connectivity index (χ4n) is 3.39. The molecule has 0 saturated carbocycles. The van der Waals surface area contributed by atoms with E-state index in [4.69, 9.17) is 20.4 Å². The quantitative estimate of drug-likeness (QED) is 0.184. The Hall–Kier alpha value is -1.87. The minimum Gasteiger partial charge on any atom is -0.480 e. The fraction of sp³-hybridized carbons (Fsp3) is 0.833. The number of hydrogen-bond acceptors (Lipinski definition) is 10. The molecule has 1 fully saturated rings. The lowest BCUT2D eigenvalue weighted by Gasteiger charge is -2.33. The smallest absolute Gasteiger partial charge is 0.317 e. The van der Waals surface area contributed by atoms with E-state index in [1.807, 2.05) is 4.90 Å². The summed E-state index contributed by atoms with van der Waals surface area (Å²) >= 11 is 0. The van der Waals surface area contributed by atoms with Crippen LogP contribution in [0.5, 0.6) is 0 Å². The Labute approximate surface area is 180 Å². The van der Waals surface area contributed by atoms with Crippen molar-refractivity contribution in [3.8, 4) is 0 Å². The second-order valence-corrected chi connectivity index (χ2v) is 7.73. The summed E-state index contributed by atoms with van der Waals surface area (Å²) in [6, 6.07) is 0. The molecule has 180 valence electrons. The molecule has 0 unspecified atom stereocenters. The minimum atomic E-state index is -2.76. The summed E-state index contributed by atoms with van der Waals surface area (Å²) in [4.78, 5) is 40.6. The molecule has 0 atom stereocenters. The van der Waals surface area contributed by atoms with Gasteiger partial charge in [0.15, 0.2) is 0 Å². The summed E-state index contributed by atoms with van der Waals surface area (Å²) in [6.45, 7) is 2.74. The van der Waals surface area contributed by atoms with Gasteiger partial charge in [-0.25, -0.2) is 0 Å². The van der Waals surface area contributed by atoms with E-state index in [9.17, 15) is 24.6 Å².